The number of allylic oxidation sites excluding steroid dienone is 1. The molecule has 0 radical (unpaired) electrons. The molecule has 4 rings (SSSR count). The summed E-state index contributed by atoms with van der Waals surface area (Å²) in [7, 11) is 0. The summed E-state index contributed by atoms with van der Waals surface area (Å²) in [6, 6.07) is 33.9. The summed E-state index contributed by atoms with van der Waals surface area (Å²) in [5, 5.41) is 15.2. The van der Waals surface area contributed by atoms with E-state index in [4.69, 9.17) is 14.2 Å². The number of nitrogens with zero attached hydrogens (tertiary/aromatic N) is 1. The molecule has 0 aromatic heterocycles. The first-order chi connectivity index (χ1) is 27.3. The van der Waals surface area contributed by atoms with Gasteiger partial charge in [-0.2, -0.15) is 0 Å². The minimum absolute atomic E-state index is 0.0190. The molecule has 0 fully saturated rings. The molecule has 4 aromatic carbocycles. The number of aliphatic hydroxyl groups is 1. The standard InChI is InChI=1S/C45H51N3O8/c1-3-14-38(29-42(50)48(26-27-49)30-35-16-8-5-9-17-35)43(51)46-39(28-34-22-24-40(25-23-34)54-31-36-18-10-6-11-19-36)33-55-44(52)41(15-4-2)47-45(53)56-32-37-20-12-7-13-21-37/h3-13,16-25,38-39,41,49H,1-2,14-15,26-33H2,(H,46,51)(H,47,53). The zero-order chi connectivity index (χ0) is 40.0. The summed E-state index contributed by atoms with van der Waals surface area (Å²) < 4.78 is 16.9. The second kappa shape index (κ2) is 23.6. The van der Waals surface area contributed by atoms with E-state index in [0.717, 1.165) is 22.3 Å². The number of alkyl carbamates (subject to hydrolysis) is 1. The van der Waals surface area contributed by atoms with E-state index < -0.39 is 36.0 Å². The van der Waals surface area contributed by atoms with Gasteiger partial charge in [-0.25, -0.2) is 9.59 Å². The van der Waals surface area contributed by atoms with Crippen molar-refractivity contribution in [1.29, 1.82) is 0 Å². The first-order valence-electron chi connectivity index (χ1n) is 18.6. The van der Waals surface area contributed by atoms with Gasteiger partial charge in [0.1, 0.15) is 31.6 Å². The lowest BCUT2D eigenvalue weighted by molar-refractivity contribution is -0.147. The quantitative estimate of drug-likeness (QED) is 0.0590. The number of ether oxygens (including phenoxy) is 3. The third kappa shape index (κ3) is 14.9. The Hall–Kier alpha value is -6.20. The molecule has 0 aliphatic rings. The van der Waals surface area contributed by atoms with Gasteiger partial charge < -0.3 is 34.9 Å². The van der Waals surface area contributed by atoms with Crippen molar-refractivity contribution in [2.24, 2.45) is 5.92 Å². The van der Waals surface area contributed by atoms with E-state index in [1.807, 2.05) is 115 Å². The van der Waals surface area contributed by atoms with Crippen LogP contribution in [0.3, 0.4) is 0 Å². The Balaban J connectivity index is 1.45. The lowest BCUT2D eigenvalue weighted by Gasteiger charge is -2.26. The second-order valence-electron chi connectivity index (χ2n) is 13.2. The van der Waals surface area contributed by atoms with E-state index in [0.29, 0.717) is 12.4 Å². The molecule has 4 aromatic rings. The van der Waals surface area contributed by atoms with Gasteiger partial charge in [0.15, 0.2) is 0 Å². The van der Waals surface area contributed by atoms with Crippen LogP contribution >= 0.6 is 0 Å². The van der Waals surface area contributed by atoms with Gasteiger partial charge in [-0.05, 0) is 53.6 Å². The van der Waals surface area contributed by atoms with E-state index in [-0.39, 0.29) is 64.5 Å². The van der Waals surface area contributed by atoms with Crippen molar-refractivity contribution in [2.45, 2.75) is 57.5 Å². The van der Waals surface area contributed by atoms with Crippen LogP contribution in [0.4, 0.5) is 4.79 Å². The van der Waals surface area contributed by atoms with Gasteiger partial charge in [-0.3, -0.25) is 9.59 Å². The molecule has 11 heteroatoms. The van der Waals surface area contributed by atoms with E-state index in [1.54, 1.807) is 6.08 Å². The first kappa shape index (κ1) is 42.5. The van der Waals surface area contributed by atoms with Crippen molar-refractivity contribution in [1.82, 2.24) is 15.5 Å². The summed E-state index contributed by atoms with van der Waals surface area (Å²) in [6.07, 6.45) is 2.72. The van der Waals surface area contributed by atoms with Gasteiger partial charge in [-0.15, -0.1) is 13.2 Å². The fourth-order valence-corrected chi connectivity index (χ4v) is 5.83. The minimum Gasteiger partial charge on any atom is -0.489 e. The number of rotatable bonds is 23. The van der Waals surface area contributed by atoms with Crippen LogP contribution in [-0.4, -0.2) is 65.7 Å². The maximum atomic E-state index is 13.9. The highest BCUT2D eigenvalue weighted by Gasteiger charge is 2.28. The average molecular weight is 762 g/mol. The number of esters is 1. The predicted molar refractivity (Wildman–Crippen MR) is 214 cm³/mol. The molecule has 0 saturated carbocycles. The Morgan fingerprint density at radius 3 is 1.88 bits per heavy atom. The lowest BCUT2D eigenvalue weighted by Crippen LogP contribution is -2.46. The molecule has 0 saturated heterocycles. The molecule has 56 heavy (non-hydrogen) atoms. The molecular weight excluding hydrogens is 711 g/mol. The van der Waals surface area contributed by atoms with E-state index in [1.165, 1.54) is 11.0 Å². The summed E-state index contributed by atoms with van der Waals surface area (Å²) in [5.74, 6) is -1.57. The number of amides is 3. The summed E-state index contributed by atoms with van der Waals surface area (Å²) in [4.78, 5) is 54.8. The minimum atomic E-state index is -1.08. The molecule has 294 valence electrons. The molecule has 3 amide bonds. The van der Waals surface area contributed by atoms with E-state index in [2.05, 4.69) is 23.8 Å². The number of benzene rings is 4. The number of carbonyl (C=O) groups excluding carboxylic acids is 4. The zero-order valence-corrected chi connectivity index (χ0v) is 31.6. The van der Waals surface area contributed by atoms with Crippen LogP contribution < -0.4 is 15.4 Å². The van der Waals surface area contributed by atoms with Crippen LogP contribution in [0.2, 0.25) is 0 Å². The van der Waals surface area contributed by atoms with Crippen LogP contribution in [0.1, 0.15) is 41.5 Å². The SMILES string of the molecule is C=CCC(CC(=O)N(CCO)Cc1ccccc1)C(=O)NC(COC(=O)C(CC=C)NC(=O)OCc1ccccc1)Cc1ccc(OCc2ccccc2)cc1. The average Bonchev–Trinajstić information content (AvgIpc) is 3.22. The van der Waals surface area contributed by atoms with E-state index in [9.17, 15) is 24.3 Å². The molecule has 0 aliphatic carbocycles. The zero-order valence-electron chi connectivity index (χ0n) is 31.6. The normalized spacial score (nSPS) is 12.2. The third-order valence-corrected chi connectivity index (χ3v) is 8.80. The first-order valence-corrected chi connectivity index (χ1v) is 18.6. The number of nitrogens with one attached hydrogen (secondary N) is 2. The molecule has 0 spiro atoms. The van der Waals surface area contributed by atoms with Crippen molar-refractivity contribution in [3.05, 3.63) is 163 Å². The molecule has 0 heterocycles. The van der Waals surface area contributed by atoms with Crippen LogP contribution in [-0.2, 0) is 50.0 Å². The van der Waals surface area contributed by atoms with Gasteiger partial charge in [0.2, 0.25) is 11.8 Å². The Bertz CT molecular complexity index is 1820. The van der Waals surface area contributed by atoms with Crippen LogP contribution in [0, 0.1) is 5.92 Å². The Kier molecular flexibility index (Phi) is 17.9. The lowest BCUT2D eigenvalue weighted by atomic mass is 9.97. The van der Waals surface area contributed by atoms with Crippen molar-refractivity contribution in [3.63, 3.8) is 0 Å². The molecule has 0 aliphatic heterocycles. The third-order valence-electron chi connectivity index (χ3n) is 8.80. The topological polar surface area (TPSA) is 143 Å². The van der Waals surface area contributed by atoms with Crippen molar-refractivity contribution in [3.8, 4) is 5.75 Å². The molecule has 3 atom stereocenters. The van der Waals surface area contributed by atoms with Crippen molar-refractivity contribution in [2.75, 3.05) is 19.8 Å². The van der Waals surface area contributed by atoms with E-state index >= 15 is 0 Å². The summed E-state index contributed by atoms with van der Waals surface area (Å²) in [5.41, 5.74) is 3.54. The van der Waals surface area contributed by atoms with Crippen molar-refractivity contribution < 1.29 is 38.5 Å². The number of aliphatic hydroxyl groups excluding tert-OH is 1. The maximum Gasteiger partial charge on any atom is 0.408 e. The highest BCUT2D eigenvalue weighted by atomic mass is 16.6. The second-order valence-corrected chi connectivity index (χ2v) is 13.2. The highest BCUT2D eigenvalue weighted by Crippen LogP contribution is 2.18. The van der Waals surface area contributed by atoms with Crippen LogP contribution in [0.5, 0.6) is 5.75 Å². The van der Waals surface area contributed by atoms with Gasteiger partial charge in [-0.1, -0.05) is 115 Å². The fraction of sp³-hybridized carbons (Fsp3) is 0.289. The number of hydrogen-bond donors (Lipinski definition) is 3. The Labute approximate surface area is 329 Å². The number of hydrogen-bond acceptors (Lipinski definition) is 8. The monoisotopic (exact) mass is 761 g/mol. The van der Waals surface area contributed by atoms with Crippen molar-refractivity contribution >= 4 is 23.9 Å². The van der Waals surface area contributed by atoms with Gasteiger partial charge in [0, 0.05) is 19.5 Å². The van der Waals surface area contributed by atoms with Gasteiger partial charge >= 0.3 is 12.1 Å². The van der Waals surface area contributed by atoms with Crippen LogP contribution in [0.25, 0.3) is 0 Å². The Morgan fingerprint density at radius 2 is 1.29 bits per heavy atom. The van der Waals surface area contributed by atoms with Gasteiger partial charge in [0.05, 0.1) is 18.6 Å². The molecule has 3 N–H and O–H groups in total. The molecular formula is C45H51N3O8. The molecule has 11 nitrogen and oxygen atoms in total. The summed E-state index contributed by atoms with van der Waals surface area (Å²) >= 11 is 0. The molecule has 0 bridgehead atoms. The Morgan fingerprint density at radius 1 is 0.696 bits per heavy atom. The van der Waals surface area contributed by atoms with Gasteiger partial charge in [0.25, 0.3) is 0 Å². The molecule has 3 unspecified atom stereocenters. The smallest absolute Gasteiger partial charge is 0.408 e. The fourth-order valence-electron chi connectivity index (χ4n) is 5.83. The highest BCUT2D eigenvalue weighted by molar-refractivity contribution is 5.86. The largest absolute Gasteiger partial charge is 0.489 e. The predicted octanol–water partition coefficient (Wildman–Crippen LogP) is 6.31. The van der Waals surface area contributed by atoms with Crippen LogP contribution in [0.15, 0.2) is 141 Å². The number of carbonyl (C=O) groups is 4. The summed E-state index contributed by atoms with van der Waals surface area (Å²) in [6.45, 7) is 7.85. The maximum absolute atomic E-state index is 13.9.